The number of aliphatic carboxylic acids is 1. The van der Waals surface area contributed by atoms with Crippen LogP contribution in [0.25, 0.3) is 11.1 Å². The number of amides is 7. The quantitative estimate of drug-likeness (QED) is 0.0730. The van der Waals surface area contributed by atoms with Gasteiger partial charge in [-0.3, -0.25) is 33.6 Å². The summed E-state index contributed by atoms with van der Waals surface area (Å²) in [5.41, 5.74) is 8.15. The van der Waals surface area contributed by atoms with Gasteiger partial charge >= 0.3 is 5.97 Å². The Hall–Kier alpha value is -9.20. The number of aromatic hydroxyl groups is 3. The third-order valence-corrected chi connectivity index (χ3v) is 18.5. The van der Waals surface area contributed by atoms with Crippen LogP contribution in [0.4, 0.5) is 0 Å². The number of phenolic OH excluding ortho intramolecular Hbond substituents is 3. The summed E-state index contributed by atoms with van der Waals surface area (Å²) in [5, 5.41) is 121. The largest absolute Gasteiger partial charge is 0.508 e. The zero-order valence-corrected chi connectivity index (χ0v) is 56.8. The van der Waals surface area contributed by atoms with Crippen LogP contribution in [0.15, 0.2) is 78.9 Å². The van der Waals surface area contributed by atoms with Crippen molar-refractivity contribution in [2.24, 2.45) is 17.4 Å². The molecule has 7 aliphatic heterocycles. The maximum absolute atomic E-state index is 16.1. The highest BCUT2D eigenvalue weighted by Crippen LogP contribution is 2.50. The fraction of sp³-hybridized carbons (Fsp3) is 0.433. The van der Waals surface area contributed by atoms with E-state index in [0.29, 0.717) is 0 Å². The lowest BCUT2D eigenvalue weighted by Crippen LogP contribution is -2.64. The van der Waals surface area contributed by atoms with E-state index < -0.39 is 231 Å². The van der Waals surface area contributed by atoms with E-state index in [1.54, 1.807) is 0 Å². The first-order valence-corrected chi connectivity index (χ1v) is 32.8. The summed E-state index contributed by atoms with van der Waals surface area (Å²) >= 11 is 14.2. The van der Waals surface area contributed by atoms with E-state index in [4.69, 9.17) is 67.8 Å². The van der Waals surface area contributed by atoms with Crippen molar-refractivity contribution in [1.82, 2.24) is 37.2 Å². The minimum atomic E-state index is -2.33. The normalized spacial score (nSPS) is 29.3. The molecule has 7 aliphatic rings. The Morgan fingerprint density at radius 3 is 1.91 bits per heavy atom. The first kappa shape index (κ1) is 75.5. The first-order valence-electron chi connectivity index (χ1n) is 32.0. The van der Waals surface area contributed by atoms with Gasteiger partial charge in [-0.2, -0.15) is 0 Å². The van der Waals surface area contributed by atoms with Crippen LogP contribution in [-0.2, 0) is 57.3 Å². The monoisotopic (exact) mass is 1460 g/mol. The van der Waals surface area contributed by atoms with E-state index in [1.807, 2.05) is 13.8 Å². The Kier molecular flexibility index (Phi) is 22.8. The van der Waals surface area contributed by atoms with Gasteiger partial charge in [-0.1, -0.05) is 55.2 Å². The summed E-state index contributed by atoms with van der Waals surface area (Å²) in [5.74, 6) is -15.7. The van der Waals surface area contributed by atoms with Crippen molar-refractivity contribution in [2.75, 3.05) is 20.8 Å². The number of phenols is 3. The highest BCUT2D eigenvalue weighted by atomic mass is 35.5. The lowest BCUT2D eigenvalue weighted by molar-refractivity contribution is -0.334. The number of ether oxygens (including phenoxy) is 7. The Morgan fingerprint density at radius 1 is 0.716 bits per heavy atom. The number of nitrogens with one attached hydrogen (secondary N) is 7. The minimum absolute atomic E-state index is 0.0928. The molecule has 102 heavy (non-hydrogen) atoms. The molecule has 0 saturated carbocycles. The van der Waals surface area contributed by atoms with E-state index in [9.17, 15) is 69.9 Å². The maximum atomic E-state index is 16.1. The lowest BCUT2D eigenvalue weighted by Gasteiger charge is -2.47. The second-order valence-corrected chi connectivity index (χ2v) is 26.8. The number of aliphatic hydroxyl groups is 5. The van der Waals surface area contributed by atoms with E-state index >= 15 is 14.4 Å². The van der Waals surface area contributed by atoms with Crippen molar-refractivity contribution >= 4 is 70.5 Å². The van der Waals surface area contributed by atoms with Gasteiger partial charge in [0.25, 0.3) is 0 Å². The number of carbonyl (C=O) groups is 8. The molecular formula is C67H77Cl2N9O24. The lowest BCUT2D eigenvalue weighted by atomic mass is 9.86. The average Bonchev–Trinajstić information content (AvgIpc) is 0.768. The first-order chi connectivity index (χ1) is 48.2. The molecule has 548 valence electrons. The third kappa shape index (κ3) is 16.0. The number of hydrogen-bond donors (Lipinski definition) is 18. The number of likely N-dealkylation sites (N-methyl/N-ethyl adjacent to an activating group) is 1. The number of carbonyl (C=O) groups excluding carboxylic acids is 7. The zero-order chi connectivity index (χ0) is 74.2. The molecule has 0 aromatic heterocycles. The van der Waals surface area contributed by atoms with Crippen LogP contribution in [0.5, 0.6) is 46.0 Å². The summed E-state index contributed by atoms with van der Waals surface area (Å²) in [6, 6.07) is -0.401. The topological polar surface area (TPSA) is 519 Å². The van der Waals surface area contributed by atoms with Gasteiger partial charge in [0, 0.05) is 41.8 Å². The molecule has 0 aliphatic carbocycles. The van der Waals surface area contributed by atoms with Crippen molar-refractivity contribution in [3.8, 4) is 57.1 Å². The molecule has 7 heterocycles. The summed E-state index contributed by atoms with van der Waals surface area (Å²) in [6.45, 7) is 6.28. The summed E-state index contributed by atoms with van der Waals surface area (Å²) in [7, 11) is 2.75. The summed E-state index contributed by atoms with van der Waals surface area (Å²) in [6.07, 6.45) is -17.8. The molecule has 20 N–H and O–H groups in total. The molecule has 5 aromatic rings. The van der Waals surface area contributed by atoms with Gasteiger partial charge in [0.2, 0.25) is 53.4 Å². The van der Waals surface area contributed by atoms with Crippen molar-refractivity contribution in [3.63, 3.8) is 0 Å². The molecule has 7 amide bonds. The van der Waals surface area contributed by atoms with Crippen molar-refractivity contribution in [3.05, 3.63) is 117 Å². The SMILES string of the molecule is CN[C@H](CC(C)C)C(=O)NC1C(=O)N[C@@H](CC(N)=O)C(=O)N[C@H]2C(=O)N[C@H]3C(=O)N[C@H](C(=O)N[C@@H](C(=O)O)c4cc(O)cc(O)c4-c4cc3ccc4O)[C@H](O)c3ccc(c(Cl)c3)Oc3cc2cc(c3O[C@@H]2O[C@H](COC)[C@@H](O)[C@H](O)[C@H]2O[C@H]2C[C@](C)(N)[C@H](O)[C@H](C)O2)Oc2ccc(cc2Cl)[C@H]1O. The van der Waals surface area contributed by atoms with E-state index in [1.165, 1.54) is 40.1 Å². The number of carboxylic acids is 1. The predicted octanol–water partition coefficient (Wildman–Crippen LogP) is 0.760. The number of hydrogen-bond acceptors (Lipinski definition) is 25. The molecule has 0 spiro atoms. The molecule has 35 heteroatoms. The van der Waals surface area contributed by atoms with E-state index in [0.717, 1.165) is 66.7 Å². The second-order valence-electron chi connectivity index (χ2n) is 26.0. The van der Waals surface area contributed by atoms with E-state index in [-0.39, 0.29) is 52.0 Å². The molecule has 18 atom stereocenters. The highest BCUT2D eigenvalue weighted by Gasteiger charge is 2.52. The summed E-state index contributed by atoms with van der Waals surface area (Å²) < 4.78 is 44.2. The fourth-order valence-electron chi connectivity index (χ4n) is 12.6. The van der Waals surface area contributed by atoms with Crippen molar-refractivity contribution < 1.29 is 117 Å². The highest BCUT2D eigenvalue weighted by molar-refractivity contribution is 6.32. The number of primary amides is 1. The van der Waals surface area contributed by atoms with Gasteiger partial charge < -0.3 is 128 Å². The van der Waals surface area contributed by atoms with Gasteiger partial charge in [-0.05, 0) is 110 Å². The average molecular weight is 1460 g/mol. The zero-order valence-electron chi connectivity index (χ0n) is 55.3. The van der Waals surface area contributed by atoms with Gasteiger partial charge in [-0.25, -0.2) is 4.79 Å². The van der Waals surface area contributed by atoms with E-state index in [2.05, 4.69) is 37.2 Å². The minimum Gasteiger partial charge on any atom is -0.508 e. The smallest absolute Gasteiger partial charge is 0.330 e. The number of nitrogens with two attached hydrogens (primary N) is 2. The molecule has 5 aromatic carbocycles. The number of benzene rings is 5. The van der Waals surface area contributed by atoms with Crippen LogP contribution in [0.3, 0.4) is 0 Å². The Balaban J connectivity index is 1.24. The van der Waals surface area contributed by atoms with Gasteiger partial charge in [0.05, 0.1) is 41.3 Å². The number of methoxy groups -OCH3 is 1. The molecule has 1 unspecified atom stereocenters. The fourth-order valence-corrected chi connectivity index (χ4v) is 13.1. The molecule has 12 rings (SSSR count). The van der Waals surface area contributed by atoms with Gasteiger partial charge in [0.15, 0.2) is 29.9 Å². The van der Waals surface area contributed by atoms with Crippen LogP contribution in [0.2, 0.25) is 10.0 Å². The number of carboxylic acid groups (broad SMARTS) is 1. The Bertz CT molecular complexity index is 4090. The molecule has 33 nitrogen and oxygen atoms in total. The van der Waals surface area contributed by atoms with Gasteiger partial charge in [-0.15, -0.1) is 0 Å². The maximum Gasteiger partial charge on any atom is 0.330 e. The summed E-state index contributed by atoms with van der Waals surface area (Å²) in [4.78, 5) is 117. The standard InChI is InChI=1S/C67H77Cl2N9O24/c1-24(2)13-35(72-5)59(88)77-50-52(83)27-8-11-39(33(68)15-27)98-41-17-29-18-42(56(41)102-66-57(55(86)54(85)43(100-66)23-96-6)101-45-22-67(4,71)58(87)25(3)97-45)99-40-12-9-28(16-34(40)69)53(84)51-64(93)76-49(65(94)95)32-19-30(79)20-38(81)46(32)31-14-26(7-10-37(31)80)47(61(90)78-51)75-62(91)48(29)74-60(89)36(21-44(70)82)73-63(50)92/h7-12,14-20,24-25,35-36,43,45,47-55,57-58,66,72,79-81,83-87H,13,21-23,71H2,1-6H3,(H2,70,82)(H,73,92)(H,74,89)(H,75,91)(H,76,93)(H,77,88)(H,78,90)(H,94,95)/t25-,35+,36-,43+,45-,47+,48+,49+,50?,51-,52+,53+,54+,55-,57+,58+,66-,67-/m0/s1. The van der Waals surface area contributed by atoms with Crippen LogP contribution < -0.4 is 62.9 Å². The van der Waals surface area contributed by atoms with Crippen LogP contribution in [-0.4, -0.2) is 193 Å². The molecular weight excluding hydrogens is 1390 g/mol. The number of fused-ring (bicyclic) bond motifs is 15. The van der Waals surface area contributed by atoms with Crippen molar-refractivity contribution in [1.29, 1.82) is 0 Å². The second kappa shape index (κ2) is 30.8. The van der Waals surface area contributed by atoms with Gasteiger partial charge in [0.1, 0.15) is 89.5 Å². The number of aliphatic hydroxyl groups excluding tert-OH is 5. The molecule has 11 bridgehead atoms. The number of rotatable bonds is 14. The van der Waals surface area contributed by atoms with Crippen LogP contribution in [0.1, 0.15) is 105 Å². The number of halogens is 2. The third-order valence-electron chi connectivity index (χ3n) is 17.9. The molecule has 2 saturated heterocycles. The Labute approximate surface area is 591 Å². The molecule has 0 radical (unpaired) electrons. The van der Waals surface area contributed by atoms with Crippen LogP contribution >= 0.6 is 23.2 Å². The molecule has 2 fully saturated rings. The van der Waals surface area contributed by atoms with Crippen molar-refractivity contribution in [2.45, 2.75) is 156 Å². The Morgan fingerprint density at radius 2 is 1.32 bits per heavy atom. The predicted molar refractivity (Wildman–Crippen MR) is 354 cm³/mol. The van der Waals surface area contributed by atoms with Crippen LogP contribution in [0, 0.1) is 5.92 Å².